The highest BCUT2D eigenvalue weighted by atomic mass is 35.5. The Balaban J connectivity index is 1.18. The summed E-state index contributed by atoms with van der Waals surface area (Å²) >= 11 is 6.47. The van der Waals surface area contributed by atoms with Gasteiger partial charge in [0.15, 0.2) is 0 Å². The fraction of sp³-hybridized carbons (Fsp3) is 0.333. The van der Waals surface area contributed by atoms with E-state index >= 15 is 0 Å². The van der Waals surface area contributed by atoms with Crippen LogP contribution in [0.15, 0.2) is 85.1 Å². The number of hydrogen-bond acceptors (Lipinski definition) is 5. The molecule has 2 saturated heterocycles. The summed E-state index contributed by atoms with van der Waals surface area (Å²) in [5.41, 5.74) is 4.57. The third kappa shape index (κ3) is 6.17. The minimum Gasteiger partial charge on any atom is -0.487 e. The monoisotopic (exact) mass is 570 g/mol. The number of benzene rings is 3. The van der Waals surface area contributed by atoms with Gasteiger partial charge in [0.1, 0.15) is 17.9 Å². The van der Waals surface area contributed by atoms with E-state index in [-0.39, 0.29) is 24.0 Å². The van der Waals surface area contributed by atoms with Crippen LogP contribution in [0.1, 0.15) is 46.3 Å². The molecule has 3 aromatic rings. The van der Waals surface area contributed by atoms with Gasteiger partial charge < -0.3 is 20.3 Å². The standard InChI is InChI=1S/C33H35ClN4O3/c1-22-11-14-30(32(39)36-22)38-20-25-17-26(12-13-27(25)33(38)40)41-31-21-37(19-24-9-5-6-10-28(24)34)16-15-29(31)35-18-23-7-3-2-4-8-23/h2-10,12-13,17,29-31,35H,1,11,14-16,18-21H2,(H,36,39). The van der Waals surface area contributed by atoms with Crippen molar-refractivity contribution in [3.05, 3.63) is 112 Å². The Kier molecular flexibility index (Phi) is 8.10. The number of amides is 2. The van der Waals surface area contributed by atoms with E-state index in [1.807, 2.05) is 42.5 Å². The van der Waals surface area contributed by atoms with Crippen LogP contribution in [0.3, 0.4) is 0 Å². The molecule has 0 aliphatic carbocycles. The molecule has 0 radical (unpaired) electrons. The van der Waals surface area contributed by atoms with E-state index in [2.05, 4.69) is 52.4 Å². The van der Waals surface area contributed by atoms with Gasteiger partial charge in [-0.2, -0.15) is 0 Å². The quantitative estimate of drug-likeness (QED) is 0.403. The van der Waals surface area contributed by atoms with E-state index in [4.69, 9.17) is 16.3 Å². The van der Waals surface area contributed by atoms with Crippen LogP contribution in [0.4, 0.5) is 0 Å². The summed E-state index contributed by atoms with van der Waals surface area (Å²) in [6, 6.07) is 23.7. The zero-order valence-electron chi connectivity index (χ0n) is 23.0. The molecule has 6 rings (SSSR count). The van der Waals surface area contributed by atoms with Crippen molar-refractivity contribution >= 4 is 23.4 Å². The summed E-state index contributed by atoms with van der Waals surface area (Å²) in [5, 5.41) is 7.31. The fourth-order valence-electron chi connectivity index (χ4n) is 6.07. The van der Waals surface area contributed by atoms with Crippen LogP contribution in [0.25, 0.3) is 0 Å². The van der Waals surface area contributed by atoms with Gasteiger partial charge in [-0.25, -0.2) is 0 Å². The smallest absolute Gasteiger partial charge is 0.255 e. The lowest BCUT2D eigenvalue weighted by Gasteiger charge is -2.39. The number of nitrogens with zero attached hydrogens (tertiary/aromatic N) is 2. The summed E-state index contributed by atoms with van der Waals surface area (Å²) < 4.78 is 6.67. The minimum atomic E-state index is -0.479. The van der Waals surface area contributed by atoms with E-state index in [1.54, 1.807) is 4.90 Å². The first-order valence-electron chi connectivity index (χ1n) is 14.3. The Labute approximate surface area is 246 Å². The van der Waals surface area contributed by atoms with Crippen LogP contribution < -0.4 is 15.4 Å². The first-order chi connectivity index (χ1) is 19.9. The molecular formula is C33H35ClN4O3. The number of carbonyl (C=O) groups is 2. The number of hydrogen-bond donors (Lipinski definition) is 2. The molecule has 0 spiro atoms. The highest BCUT2D eigenvalue weighted by Gasteiger charge is 2.38. The second kappa shape index (κ2) is 12.1. The van der Waals surface area contributed by atoms with Crippen LogP contribution in [0.5, 0.6) is 5.75 Å². The third-order valence-electron chi connectivity index (χ3n) is 8.30. The van der Waals surface area contributed by atoms with Gasteiger partial charge in [0.05, 0.1) is 0 Å². The molecule has 2 fully saturated rings. The number of nitrogens with one attached hydrogen (secondary N) is 2. The third-order valence-corrected chi connectivity index (χ3v) is 8.67. The number of piperidine rings is 2. The summed E-state index contributed by atoms with van der Waals surface area (Å²) in [4.78, 5) is 29.8. The maximum Gasteiger partial charge on any atom is 0.255 e. The van der Waals surface area contributed by atoms with Crippen molar-refractivity contribution in [1.82, 2.24) is 20.4 Å². The van der Waals surface area contributed by atoms with Gasteiger partial charge in [0, 0.05) is 55.0 Å². The first-order valence-corrected chi connectivity index (χ1v) is 14.6. The summed E-state index contributed by atoms with van der Waals surface area (Å²) in [5.74, 6) is 0.466. The van der Waals surface area contributed by atoms with Gasteiger partial charge in [0.25, 0.3) is 5.91 Å². The maximum absolute atomic E-state index is 13.2. The van der Waals surface area contributed by atoms with Crippen molar-refractivity contribution < 1.29 is 14.3 Å². The molecule has 3 heterocycles. The van der Waals surface area contributed by atoms with Gasteiger partial charge in [-0.05, 0) is 60.2 Å². The number of likely N-dealkylation sites (tertiary alicyclic amines) is 1. The molecule has 3 atom stereocenters. The zero-order chi connectivity index (χ0) is 28.3. The average molecular weight is 571 g/mol. The molecule has 0 aromatic heterocycles. The molecule has 3 aliphatic heterocycles. The van der Waals surface area contributed by atoms with Crippen molar-refractivity contribution in [2.24, 2.45) is 0 Å². The van der Waals surface area contributed by atoms with E-state index in [9.17, 15) is 9.59 Å². The Bertz CT molecular complexity index is 1450. The normalized spacial score (nSPS) is 22.9. The molecule has 2 amide bonds. The number of halogens is 1. The van der Waals surface area contributed by atoms with Crippen LogP contribution in [-0.2, 0) is 24.4 Å². The highest BCUT2D eigenvalue weighted by molar-refractivity contribution is 6.31. The van der Waals surface area contributed by atoms with E-state index in [1.165, 1.54) is 5.56 Å². The van der Waals surface area contributed by atoms with Crippen molar-refractivity contribution in [2.45, 2.75) is 57.1 Å². The second-order valence-corrected chi connectivity index (χ2v) is 11.6. The first kappa shape index (κ1) is 27.5. The van der Waals surface area contributed by atoms with Crippen LogP contribution >= 0.6 is 11.6 Å². The van der Waals surface area contributed by atoms with Crippen molar-refractivity contribution in [3.63, 3.8) is 0 Å². The van der Waals surface area contributed by atoms with E-state index < -0.39 is 6.04 Å². The van der Waals surface area contributed by atoms with Crippen LogP contribution in [0, 0.1) is 0 Å². The molecule has 41 heavy (non-hydrogen) atoms. The average Bonchev–Trinajstić information content (AvgIpc) is 3.29. The lowest BCUT2D eigenvalue weighted by atomic mass is 10.00. The number of rotatable bonds is 8. The lowest BCUT2D eigenvalue weighted by molar-refractivity contribution is -0.126. The number of carbonyl (C=O) groups excluding carboxylic acids is 2. The maximum atomic E-state index is 13.2. The lowest BCUT2D eigenvalue weighted by Crippen LogP contribution is -2.54. The van der Waals surface area contributed by atoms with E-state index in [0.717, 1.165) is 54.5 Å². The summed E-state index contributed by atoms with van der Waals surface area (Å²) in [6.07, 6.45) is 2.10. The van der Waals surface area contributed by atoms with Crippen molar-refractivity contribution in [2.75, 3.05) is 13.1 Å². The van der Waals surface area contributed by atoms with Crippen molar-refractivity contribution in [3.8, 4) is 5.75 Å². The number of fused-ring (bicyclic) bond motifs is 1. The zero-order valence-corrected chi connectivity index (χ0v) is 23.8. The SMILES string of the molecule is C=C1CCC(N2Cc3cc(OC4CN(Cc5ccccc5Cl)CCC4NCc4ccccc4)ccc3C2=O)C(=O)N1. The molecule has 212 valence electrons. The molecular weight excluding hydrogens is 536 g/mol. The molecule has 3 aliphatic rings. The molecule has 0 saturated carbocycles. The Morgan fingerprint density at radius 1 is 1.02 bits per heavy atom. The van der Waals surface area contributed by atoms with Gasteiger partial charge in [-0.15, -0.1) is 0 Å². The number of ether oxygens (including phenoxy) is 1. The molecule has 7 nitrogen and oxygen atoms in total. The van der Waals surface area contributed by atoms with Gasteiger partial charge in [-0.3, -0.25) is 14.5 Å². The van der Waals surface area contributed by atoms with Gasteiger partial charge in [0.2, 0.25) is 5.91 Å². The molecule has 2 N–H and O–H groups in total. The summed E-state index contributed by atoms with van der Waals surface area (Å²) in [7, 11) is 0. The molecule has 8 heteroatoms. The minimum absolute atomic E-state index is 0.101. The second-order valence-electron chi connectivity index (χ2n) is 11.1. The Morgan fingerprint density at radius 3 is 2.63 bits per heavy atom. The highest BCUT2D eigenvalue weighted by Crippen LogP contribution is 2.32. The van der Waals surface area contributed by atoms with Crippen molar-refractivity contribution in [1.29, 1.82) is 0 Å². The van der Waals surface area contributed by atoms with Crippen LogP contribution in [0.2, 0.25) is 5.02 Å². The van der Waals surface area contributed by atoms with Gasteiger partial charge >= 0.3 is 0 Å². The summed E-state index contributed by atoms with van der Waals surface area (Å²) in [6.45, 7) is 7.45. The molecule has 3 aromatic carbocycles. The fourth-order valence-corrected chi connectivity index (χ4v) is 6.26. The number of allylic oxidation sites excluding steroid dienone is 1. The predicted molar refractivity (Wildman–Crippen MR) is 159 cm³/mol. The largest absolute Gasteiger partial charge is 0.487 e. The Hall–Kier alpha value is -3.65. The Morgan fingerprint density at radius 2 is 1.83 bits per heavy atom. The van der Waals surface area contributed by atoms with Gasteiger partial charge in [-0.1, -0.05) is 66.7 Å². The van der Waals surface area contributed by atoms with E-state index in [0.29, 0.717) is 30.6 Å². The predicted octanol–water partition coefficient (Wildman–Crippen LogP) is 4.90. The molecule has 3 unspecified atom stereocenters. The topological polar surface area (TPSA) is 73.9 Å². The molecule has 0 bridgehead atoms. The van der Waals surface area contributed by atoms with Crippen LogP contribution in [-0.4, -0.2) is 52.9 Å².